The number of aryl methyl sites for hydroxylation is 1. The lowest BCUT2D eigenvalue weighted by Crippen LogP contribution is -2.38. The van der Waals surface area contributed by atoms with Crippen LogP contribution in [0.4, 0.5) is 10.3 Å². The van der Waals surface area contributed by atoms with E-state index in [4.69, 9.17) is 4.98 Å². The summed E-state index contributed by atoms with van der Waals surface area (Å²) in [6, 6.07) is 6.74. The van der Waals surface area contributed by atoms with Crippen molar-refractivity contribution >= 4 is 5.95 Å². The maximum Gasteiger partial charge on any atom is 0.225 e. The molecule has 2 aromatic heterocycles. The average Bonchev–Trinajstić information content (AvgIpc) is 3.16. The molecule has 0 amide bonds. The molecule has 1 saturated heterocycles. The van der Waals surface area contributed by atoms with Crippen molar-refractivity contribution < 1.29 is 4.39 Å². The molecule has 0 saturated carbocycles. The van der Waals surface area contributed by atoms with Gasteiger partial charge in [-0.25, -0.2) is 19.3 Å². The second-order valence-electron chi connectivity index (χ2n) is 6.75. The standard InChI is InChI=1S/C19H21FN6/c1-14-9-22-19(24-18(14)16-6-2-3-7-17(16)20)25-8-4-5-15(10-25)11-26-13-21-12-23-26/h2-3,6-7,9,12-13,15H,4-5,8,10-11H2,1H3. The van der Waals surface area contributed by atoms with Crippen molar-refractivity contribution in [3.8, 4) is 11.3 Å². The van der Waals surface area contributed by atoms with Crippen LogP contribution in [-0.4, -0.2) is 37.8 Å². The Morgan fingerprint density at radius 3 is 2.96 bits per heavy atom. The average molecular weight is 352 g/mol. The van der Waals surface area contributed by atoms with Crippen molar-refractivity contribution in [1.29, 1.82) is 0 Å². The summed E-state index contributed by atoms with van der Waals surface area (Å²) in [7, 11) is 0. The highest BCUT2D eigenvalue weighted by molar-refractivity contribution is 5.64. The Kier molecular flexibility index (Phi) is 4.60. The van der Waals surface area contributed by atoms with Crippen LogP contribution in [0.5, 0.6) is 0 Å². The Bertz CT molecular complexity index is 879. The van der Waals surface area contributed by atoms with Gasteiger partial charge >= 0.3 is 0 Å². The van der Waals surface area contributed by atoms with Crippen LogP contribution in [-0.2, 0) is 6.54 Å². The summed E-state index contributed by atoms with van der Waals surface area (Å²) in [6.45, 7) is 4.52. The van der Waals surface area contributed by atoms with E-state index in [-0.39, 0.29) is 5.82 Å². The molecule has 0 radical (unpaired) electrons. The number of benzene rings is 1. The molecule has 3 heterocycles. The lowest BCUT2D eigenvalue weighted by molar-refractivity contribution is 0.349. The molecule has 7 heteroatoms. The Balaban J connectivity index is 1.57. The zero-order chi connectivity index (χ0) is 17.9. The van der Waals surface area contributed by atoms with Crippen molar-refractivity contribution in [1.82, 2.24) is 24.7 Å². The zero-order valence-corrected chi connectivity index (χ0v) is 14.7. The molecule has 6 nitrogen and oxygen atoms in total. The molecule has 134 valence electrons. The van der Waals surface area contributed by atoms with Gasteiger partial charge in [0, 0.05) is 31.4 Å². The first-order valence-corrected chi connectivity index (χ1v) is 8.86. The van der Waals surface area contributed by atoms with Crippen LogP contribution in [0.15, 0.2) is 43.1 Å². The summed E-state index contributed by atoms with van der Waals surface area (Å²) in [6.07, 6.45) is 7.31. The van der Waals surface area contributed by atoms with Crippen LogP contribution in [0.1, 0.15) is 18.4 Å². The molecule has 3 aromatic rings. The van der Waals surface area contributed by atoms with Crippen molar-refractivity contribution in [3.05, 3.63) is 54.5 Å². The van der Waals surface area contributed by atoms with Crippen LogP contribution in [0.3, 0.4) is 0 Å². The van der Waals surface area contributed by atoms with Gasteiger partial charge < -0.3 is 4.90 Å². The van der Waals surface area contributed by atoms with Gasteiger partial charge in [0.1, 0.15) is 18.5 Å². The normalized spacial score (nSPS) is 17.5. The van der Waals surface area contributed by atoms with Crippen LogP contribution < -0.4 is 4.90 Å². The van der Waals surface area contributed by atoms with Crippen molar-refractivity contribution in [3.63, 3.8) is 0 Å². The number of rotatable bonds is 4. The van der Waals surface area contributed by atoms with Gasteiger partial charge in [-0.1, -0.05) is 12.1 Å². The predicted molar refractivity (Wildman–Crippen MR) is 97.1 cm³/mol. The Hall–Kier alpha value is -2.83. The fraction of sp³-hybridized carbons (Fsp3) is 0.368. The summed E-state index contributed by atoms with van der Waals surface area (Å²) in [5.74, 6) is 0.868. The van der Waals surface area contributed by atoms with Crippen molar-refractivity contribution in [2.24, 2.45) is 5.92 Å². The van der Waals surface area contributed by atoms with Crippen LogP contribution >= 0.6 is 0 Å². The SMILES string of the molecule is Cc1cnc(N2CCCC(Cn3cncn3)C2)nc1-c1ccccc1F. The number of aromatic nitrogens is 5. The number of hydrogen-bond donors (Lipinski definition) is 0. The second kappa shape index (κ2) is 7.19. The minimum atomic E-state index is -0.261. The molecule has 0 N–H and O–H groups in total. The first-order chi connectivity index (χ1) is 12.7. The molecular weight excluding hydrogens is 331 g/mol. The highest BCUT2D eigenvalue weighted by atomic mass is 19.1. The number of halogens is 1. The Morgan fingerprint density at radius 1 is 1.27 bits per heavy atom. The lowest BCUT2D eigenvalue weighted by atomic mass is 9.98. The van der Waals surface area contributed by atoms with Gasteiger partial charge in [0.05, 0.1) is 5.69 Å². The summed E-state index contributed by atoms with van der Waals surface area (Å²) >= 11 is 0. The molecule has 0 bridgehead atoms. The Labute approximate surface area is 151 Å². The van der Waals surface area contributed by atoms with Gasteiger partial charge in [-0.15, -0.1) is 0 Å². The predicted octanol–water partition coefficient (Wildman–Crippen LogP) is 3.10. The largest absolute Gasteiger partial charge is 0.340 e. The van der Waals surface area contributed by atoms with E-state index < -0.39 is 0 Å². The van der Waals surface area contributed by atoms with Crippen LogP contribution in [0.2, 0.25) is 0 Å². The maximum atomic E-state index is 14.2. The molecule has 0 aliphatic carbocycles. The minimum Gasteiger partial charge on any atom is -0.340 e. The third-order valence-corrected chi connectivity index (χ3v) is 4.80. The monoisotopic (exact) mass is 352 g/mol. The lowest BCUT2D eigenvalue weighted by Gasteiger charge is -2.32. The van der Waals surface area contributed by atoms with Gasteiger partial charge in [0.2, 0.25) is 5.95 Å². The highest BCUT2D eigenvalue weighted by Gasteiger charge is 2.23. The van der Waals surface area contributed by atoms with Gasteiger partial charge in [0.25, 0.3) is 0 Å². The minimum absolute atomic E-state index is 0.261. The summed E-state index contributed by atoms with van der Waals surface area (Å²) in [4.78, 5) is 15.4. The molecule has 1 fully saturated rings. The Morgan fingerprint density at radius 2 is 2.15 bits per heavy atom. The molecule has 4 rings (SSSR count). The third kappa shape index (κ3) is 3.42. The topological polar surface area (TPSA) is 59.7 Å². The van der Waals surface area contributed by atoms with E-state index in [9.17, 15) is 4.39 Å². The van der Waals surface area contributed by atoms with Gasteiger partial charge in [-0.3, -0.25) is 4.68 Å². The summed E-state index contributed by atoms with van der Waals surface area (Å²) in [5, 5.41) is 4.20. The van der Waals surface area contributed by atoms with E-state index in [0.717, 1.165) is 38.0 Å². The van der Waals surface area contributed by atoms with Gasteiger partial charge in [-0.05, 0) is 43.4 Å². The second-order valence-corrected chi connectivity index (χ2v) is 6.75. The number of hydrogen-bond acceptors (Lipinski definition) is 5. The fourth-order valence-corrected chi connectivity index (χ4v) is 3.50. The number of nitrogens with zero attached hydrogens (tertiary/aromatic N) is 6. The molecule has 1 unspecified atom stereocenters. The fourth-order valence-electron chi connectivity index (χ4n) is 3.50. The van der Waals surface area contributed by atoms with Crippen LogP contribution in [0.25, 0.3) is 11.3 Å². The summed E-state index contributed by atoms with van der Waals surface area (Å²) < 4.78 is 16.1. The van der Waals surface area contributed by atoms with Crippen LogP contribution in [0, 0.1) is 18.7 Å². The molecular formula is C19H21FN6. The quantitative estimate of drug-likeness (QED) is 0.722. The first-order valence-electron chi connectivity index (χ1n) is 8.86. The first kappa shape index (κ1) is 16.6. The molecule has 1 aliphatic rings. The number of anilines is 1. The van der Waals surface area contributed by atoms with E-state index in [0.29, 0.717) is 23.1 Å². The number of piperidine rings is 1. The smallest absolute Gasteiger partial charge is 0.225 e. The van der Waals surface area contributed by atoms with E-state index in [2.05, 4.69) is 20.0 Å². The van der Waals surface area contributed by atoms with Gasteiger partial charge in [-0.2, -0.15) is 5.10 Å². The van der Waals surface area contributed by atoms with E-state index in [1.807, 2.05) is 17.7 Å². The van der Waals surface area contributed by atoms with E-state index in [1.165, 1.54) is 6.07 Å². The molecule has 0 spiro atoms. The molecule has 26 heavy (non-hydrogen) atoms. The zero-order valence-electron chi connectivity index (χ0n) is 14.7. The molecule has 1 aromatic carbocycles. The summed E-state index contributed by atoms with van der Waals surface area (Å²) in [5.41, 5.74) is 2.05. The van der Waals surface area contributed by atoms with E-state index >= 15 is 0 Å². The van der Waals surface area contributed by atoms with E-state index in [1.54, 1.807) is 31.0 Å². The van der Waals surface area contributed by atoms with Crippen molar-refractivity contribution in [2.75, 3.05) is 18.0 Å². The van der Waals surface area contributed by atoms with Crippen molar-refractivity contribution in [2.45, 2.75) is 26.3 Å². The maximum absolute atomic E-state index is 14.2. The molecule has 1 aliphatic heterocycles. The molecule has 1 atom stereocenters. The highest BCUT2D eigenvalue weighted by Crippen LogP contribution is 2.27. The third-order valence-electron chi connectivity index (χ3n) is 4.80. The van der Waals surface area contributed by atoms with Gasteiger partial charge in [0.15, 0.2) is 0 Å².